The molecule has 0 fully saturated rings. The molecule has 0 aliphatic heterocycles. The number of nitrogens with zero attached hydrogens (tertiary/aromatic N) is 1. The molecule has 0 aromatic heterocycles. The summed E-state index contributed by atoms with van der Waals surface area (Å²) in [7, 11) is 4.01. The van der Waals surface area contributed by atoms with E-state index in [4.69, 9.17) is 10.5 Å². The molecule has 90 valence electrons. The zero-order valence-corrected chi connectivity index (χ0v) is 9.87. The molecule has 3 nitrogen and oxygen atoms in total. The summed E-state index contributed by atoms with van der Waals surface area (Å²) in [5, 5.41) is 0. The van der Waals surface area contributed by atoms with Gasteiger partial charge in [-0.2, -0.15) is 0 Å². The van der Waals surface area contributed by atoms with Crippen molar-refractivity contribution >= 4 is 0 Å². The third kappa shape index (κ3) is 3.79. The molecule has 1 rings (SSSR count). The Balaban J connectivity index is 2.50. The van der Waals surface area contributed by atoms with Crippen molar-refractivity contribution in [1.82, 2.24) is 4.90 Å². The van der Waals surface area contributed by atoms with E-state index in [0.29, 0.717) is 17.9 Å². The molecule has 0 radical (unpaired) electrons. The van der Waals surface area contributed by atoms with Crippen LogP contribution in [0.1, 0.15) is 12.0 Å². The minimum Gasteiger partial charge on any atom is -0.493 e. The maximum atomic E-state index is 13.3. The van der Waals surface area contributed by atoms with Gasteiger partial charge in [0.05, 0.1) is 6.61 Å². The predicted molar refractivity (Wildman–Crippen MR) is 63.0 cm³/mol. The lowest BCUT2D eigenvalue weighted by atomic mass is 10.2. The van der Waals surface area contributed by atoms with Crippen LogP contribution < -0.4 is 10.5 Å². The van der Waals surface area contributed by atoms with Gasteiger partial charge in [-0.3, -0.25) is 0 Å². The Morgan fingerprint density at radius 3 is 2.75 bits per heavy atom. The summed E-state index contributed by atoms with van der Waals surface area (Å²) in [6, 6.07) is 4.78. The molecule has 0 saturated heterocycles. The van der Waals surface area contributed by atoms with Crippen molar-refractivity contribution in [2.45, 2.75) is 13.0 Å². The topological polar surface area (TPSA) is 38.5 Å². The van der Waals surface area contributed by atoms with Gasteiger partial charge >= 0.3 is 0 Å². The lowest BCUT2D eigenvalue weighted by molar-refractivity contribution is 0.278. The van der Waals surface area contributed by atoms with Crippen molar-refractivity contribution in [2.24, 2.45) is 5.73 Å². The number of ether oxygens (including phenoxy) is 1. The van der Waals surface area contributed by atoms with Gasteiger partial charge in [-0.1, -0.05) is 6.07 Å². The number of hydrogen-bond donors (Lipinski definition) is 1. The smallest absolute Gasteiger partial charge is 0.131 e. The van der Waals surface area contributed by atoms with E-state index < -0.39 is 0 Å². The molecular weight excluding hydrogens is 207 g/mol. The first kappa shape index (κ1) is 12.9. The Morgan fingerprint density at radius 2 is 2.12 bits per heavy atom. The van der Waals surface area contributed by atoms with E-state index in [1.165, 1.54) is 6.07 Å². The SMILES string of the molecule is CN(C)CCCOc1cccc(F)c1CN. The Kier molecular flexibility index (Phi) is 5.22. The van der Waals surface area contributed by atoms with Crippen LogP contribution in [-0.2, 0) is 6.54 Å². The average molecular weight is 226 g/mol. The molecule has 1 aromatic carbocycles. The van der Waals surface area contributed by atoms with Crippen LogP contribution in [0.25, 0.3) is 0 Å². The van der Waals surface area contributed by atoms with Gasteiger partial charge in [0.2, 0.25) is 0 Å². The Hall–Kier alpha value is -1.13. The highest BCUT2D eigenvalue weighted by atomic mass is 19.1. The van der Waals surface area contributed by atoms with Gasteiger partial charge in [-0.25, -0.2) is 4.39 Å². The molecule has 2 N–H and O–H groups in total. The Bertz CT molecular complexity index is 329. The number of rotatable bonds is 6. The summed E-state index contributed by atoms with van der Waals surface area (Å²) in [5.41, 5.74) is 5.93. The van der Waals surface area contributed by atoms with E-state index in [9.17, 15) is 4.39 Å². The number of nitrogens with two attached hydrogens (primary N) is 1. The maximum absolute atomic E-state index is 13.3. The first-order valence-corrected chi connectivity index (χ1v) is 5.40. The van der Waals surface area contributed by atoms with Crippen LogP contribution >= 0.6 is 0 Å². The largest absolute Gasteiger partial charge is 0.493 e. The summed E-state index contributed by atoms with van der Waals surface area (Å²) in [6.45, 7) is 1.69. The zero-order chi connectivity index (χ0) is 12.0. The van der Waals surface area contributed by atoms with Crippen molar-refractivity contribution < 1.29 is 9.13 Å². The fourth-order valence-corrected chi connectivity index (χ4v) is 1.44. The Morgan fingerprint density at radius 1 is 1.38 bits per heavy atom. The molecule has 0 bridgehead atoms. The second-order valence-electron chi connectivity index (χ2n) is 3.93. The van der Waals surface area contributed by atoms with Gasteiger partial charge in [0.25, 0.3) is 0 Å². The molecule has 0 atom stereocenters. The van der Waals surface area contributed by atoms with Crippen LogP contribution in [-0.4, -0.2) is 32.1 Å². The second kappa shape index (κ2) is 6.45. The molecular formula is C12H19FN2O. The van der Waals surface area contributed by atoms with Crippen molar-refractivity contribution in [3.8, 4) is 5.75 Å². The number of halogens is 1. The highest BCUT2D eigenvalue weighted by Crippen LogP contribution is 2.20. The quantitative estimate of drug-likeness (QED) is 0.749. The molecule has 0 saturated carbocycles. The van der Waals surface area contributed by atoms with Crippen LogP contribution in [0.4, 0.5) is 4.39 Å². The van der Waals surface area contributed by atoms with Gasteiger partial charge in [0, 0.05) is 18.7 Å². The maximum Gasteiger partial charge on any atom is 0.131 e. The zero-order valence-electron chi connectivity index (χ0n) is 9.87. The lowest BCUT2D eigenvalue weighted by Gasteiger charge is -2.12. The van der Waals surface area contributed by atoms with Gasteiger partial charge in [-0.15, -0.1) is 0 Å². The summed E-state index contributed by atoms with van der Waals surface area (Å²) in [6.07, 6.45) is 0.910. The van der Waals surface area contributed by atoms with Crippen LogP contribution in [0.3, 0.4) is 0 Å². The Labute approximate surface area is 96.0 Å². The van der Waals surface area contributed by atoms with Gasteiger partial charge in [0.15, 0.2) is 0 Å². The third-order valence-electron chi connectivity index (χ3n) is 2.29. The minimum absolute atomic E-state index is 0.162. The first-order chi connectivity index (χ1) is 7.65. The van der Waals surface area contributed by atoms with Crippen LogP contribution in [0.5, 0.6) is 5.75 Å². The van der Waals surface area contributed by atoms with Crippen molar-refractivity contribution in [3.63, 3.8) is 0 Å². The molecule has 0 spiro atoms. The van der Waals surface area contributed by atoms with Crippen molar-refractivity contribution in [1.29, 1.82) is 0 Å². The summed E-state index contributed by atoms with van der Waals surface area (Å²) < 4.78 is 18.8. The van der Waals surface area contributed by atoms with Crippen molar-refractivity contribution in [3.05, 3.63) is 29.6 Å². The van der Waals surface area contributed by atoms with E-state index in [1.54, 1.807) is 12.1 Å². The van der Waals surface area contributed by atoms with Gasteiger partial charge < -0.3 is 15.4 Å². The van der Waals surface area contributed by atoms with Gasteiger partial charge in [-0.05, 0) is 32.6 Å². The summed E-state index contributed by atoms with van der Waals surface area (Å²) in [5.74, 6) is 0.258. The van der Waals surface area contributed by atoms with E-state index in [1.807, 2.05) is 14.1 Å². The molecule has 1 aromatic rings. The normalized spacial score (nSPS) is 10.8. The molecule has 0 aliphatic carbocycles. The minimum atomic E-state index is -0.299. The molecule has 0 aliphatic rings. The summed E-state index contributed by atoms with van der Waals surface area (Å²) >= 11 is 0. The van der Waals surface area contributed by atoms with E-state index in [2.05, 4.69) is 4.90 Å². The van der Waals surface area contributed by atoms with E-state index in [-0.39, 0.29) is 12.4 Å². The fourth-order valence-electron chi connectivity index (χ4n) is 1.44. The predicted octanol–water partition coefficient (Wildman–Crippen LogP) is 1.61. The third-order valence-corrected chi connectivity index (χ3v) is 2.29. The summed E-state index contributed by atoms with van der Waals surface area (Å²) in [4.78, 5) is 2.08. The molecule has 16 heavy (non-hydrogen) atoms. The highest BCUT2D eigenvalue weighted by Gasteiger charge is 2.07. The van der Waals surface area contributed by atoms with E-state index in [0.717, 1.165) is 13.0 Å². The van der Waals surface area contributed by atoms with Crippen LogP contribution in [0.2, 0.25) is 0 Å². The fraction of sp³-hybridized carbons (Fsp3) is 0.500. The lowest BCUT2D eigenvalue weighted by Crippen LogP contribution is -2.16. The standard InChI is InChI=1S/C12H19FN2O/c1-15(2)7-4-8-16-12-6-3-5-11(13)10(12)9-14/h3,5-6H,4,7-9,14H2,1-2H3. The number of hydrogen-bond acceptors (Lipinski definition) is 3. The van der Waals surface area contributed by atoms with Crippen LogP contribution in [0.15, 0.2) is 18.2 Å². The molecule has 0 amide bonds. The highest BCUT2D eigenvalue weighted by molar-refractivity contribution is 5.34. The van der Waals surface area contributed by atoms with Gasteiger partial charge in [0.1, 0.15) is 11.6 Å². The number of benzene rings is 1. The average Bonchev–Trinajstić information content (AvgIpc) is 2.24. The first-order valence-electron chi connectivity index (χ1n) is 5.40. The van der Waals surface area contributed by atoms with Crippen LogP contribution in [0, 0.1) is 5.82 Å². The molecule has 0 unspecified atom stereocenters. The molecule has 0 heterocycles. The monoisotopic (exact) mass is 226 g/mol. The van der Waals surface area contributed by atoms with E-state index >= 15 is 0 Å². The molecule has 4 heteroatoms. The van der Waals surface area contributed by atoms with Crippen molar-refractivity contribution in [2.75, 3.05) is 27.2 Å². The second-order valence-corrected chi connectivity index (χ2v) is 3.93.